The van der Waals surface area contributed by atoms with Crippen molar-refractivity contribution in [3.05, 3.63) is 50.4 Å². The van der Waals surface area contributed by atoms with E-state index in [4.69, 9.17) is 4.74 Å². The highest BCUT2D eigenvalue weighted by Gasteiger charge is 2.32. The molecule has 1 aliphatic rings. The fourth-order valence-electron chi connectivity index (χ4n) is 3.17. The summed E-state index contributed by atoms with van der Waals surface area (Å²) in [7, 11) is 1.42. The zero-order valence-electron chi connectivity index (χ0n) is 14.9. The highest BCUT2D eigenvalue weighted by molar-refractivity contribution is 9.11. The second kappa shape index (κ2) is 8.32. The van der Waals surface area contributed by atoms with Crippen LogP contribution in [0.5, 0.6) is 5.75 Å². The molecule has 2 aromatic rings. The van der Waals surface area contributed by atoms with E-state index >= 15 is 0 Å². The summed E-state index contributed by atoms with van der Waals surface area (Å²) in [6, 6.07) is 6.71. The van der Waals surface area contributed by atoms with Gasteiger partial charge in [0.15, 0.2) is 0 Å². The Labute approximate surface area is 177 Å². The summed E-state index contributed by atoms with van der Waals surface area (Å²) in [5.74, 6) is -0.256. The number of carbonyl (C=O) groups is 1. The van der Waals surface area contributed by atoms with E-state index in [9.17, 15) is 18.0 Å². The lowest BCUT2D eigenvalue weighted by atomic mass is 10.1. The molecule has 28 heavy (non-hydrogen) atoms. The number of amides is 1. The summed E-state index contributed by atoms with van der Waals surface area (Å²) in [6.07, 6.45) is -2.58. The van der Waals surface area contributed by atoms with Gasteiger partial charge in [-0.25, -0.2) is 0 Å². The minimum absolute atomic E-state index is 0.125. The third-order valence-corrected chi connectivity index (χ3v) is 5.52. The SMILES string of the molecule is COc1c(Br)cc(Br)cc1C(=O)Nc1cc(C(F)(F)F)ccc1N1CCCC1. The fourth-order valence-corrected chi connectivity index (χ4v) is 4.56. The van der Waals surface area contributed by atoms with E-state index in [1.54, 1.807) is 12.1 Å². The molecule has 0 unspecified atom stereocenters. The molecule has 1 fully saturated rings. The number of ether oxygens (including phenoxy) is 1. The van der Waals surface area contributed by atoms with Crippen LogP contribution >= 0.6 is 31.9 Å². The van der Waals surface area contributed by atoms with Crippen molar-refractivity contribution in [3.8, 4) is 5.75 Å². The lowest BCUT2D eigenvalue weighted by Crippen LogP contribution is -2.22. The number of rotatable bonds is 4. The normalized spacial score (nSPS) is 14.3. The van der Waals surface area contributed by atoms with Gasteiger partial charge in [0, 0.05) is 17.6 Å². The Morgan fingerprint density at radius 1 is 1.14 bits per heavy atom. The van der Waals surface area contributed by atoms with Crippen LogP contribution < -0.4 is 15.0 Å². The smallest absolute Gasteiger partial charge is 0.416 e. The van der Waals surface area contributed by atoms with Gasteiger partial charge in [0.1, 0.15) is 5.75 Å². The second-order valence-corrected chi connectivity index (χ2v) is 8.12. The predicted molar refractivity (Wildman–Crippen MR) is 109 cm³/mol. The van der Waals surface area contributed by atoms with E-state index in [0.29, 0.717) is 20.4 Å². The molecule has 1 aliphatic heterocycles. The molecule has 1 N–H and O–H groups in total. The molecule has 0 aromatic heterocycles. The van der Waals surface area contributed by atoms with Crippen LogP contribution in [0.1, 0.15) is 28.8 Å². The summed E-state index contributed by atoms with van der Waals surface area (Å²) in [4.78, 5) is 14.9. The van der Waals surface area contributed by atoms with Crippen LogP contribution in [0.2, 0.25) is 0 Å². The molecule has 3 rings (SSSR count). The van der Waals surface area contributed by atoms with Gasteiger partial charge in [0.2, 0.25) is 0 Å². The number of nitrogens with zero attached hydrogens (tertiary/aromatic N) is 1. The predicted octanol–water partition coefficient (Wildman–Crippen LogP) is 6.09. The second-order valence-electron chi connectivity index (χ2n) is 6.35. The molecule has 1 heterocycles. The molecule has 0 bridgehead atoms. The van der Waals surface area contributed by atoms with Gasteiger partial charge >= 0.3 is 6.18 Å². The van der Waals surface area contributed by atoms with Gasteiger partial charge in [-0.3, -0.25) is 4.79 Å². The summed E-state index contributed by atoms with van der Waals surface area (Å²) in [5, 5.41) is 2.64. The number of anilines is 2. The van der Waals surface area contributed by atoms with E-state index in [2.05, 4.69) is 37.2 Å². The Hall–Kier alpha value is -1.74. The average Bonchev–Trinajstić information content (AvgIpc) is 3.14. The van der Waals surface area contributed by atoms with Gasteiger partial charge in [-0.05, 0) is 59.1 Å². The number of nitrogens with one attached hydrogen (secondary N) is 1. The van der Waals surface area contributed by atoms with E-state index in [1.165, 1.54) is 13.2 Å². The van der Waals surface area contributed by atoms with Crippen LogP contribution in [-0.2, 0) is 6.18 Å². The van der Waals surface area contributed by atoms with E-state index < -0.39 is 17.6 Å². The molecule has 4 nitrogen and oxygen atoms in total. The highest BCUT2D eigenvalue weighted by atomic mass is 79.9. The molecule has 2 aromatic carbocycles. The van der Waals surface area contributed by atoms with Gasteiger partial charge in [-0.1, -0.05) is 15.9 Å². The summed E-state index contributed by atoms with van der Waals surface area (Å²) < 4.78 is 46.1. The molecule has 0 spiro atoms. The molecule has 1 amide bonds. The molecule has 0 saturated carbocycles. The molecule has 9 heteroatoms. The number of hydrogen-bond donors (Lipinski definition) is 1. The third kappa shape index (κ3) is 4.46. The van der Waals surface area contributed by atoms with Crippen molar-refractivity contribution in [2.75, 3.05) is 30.4 Å². The first-order valence-electron chi connectivity index (χ1n) is 8.51. The quantitative estimate of drug-likeness (QED) is 0.529. The van der Waals surface area contributed by atoms with E-state index in [0.717, 1.165) is 38.1 Å². The Kier molecular flexibility index (Phi) is 6.24. The average molecular weight is 522 g/mol. The number of alkyl halides is 3. The maximum absolute atomic E-state index is 13.2. The zero-order chi connectivity index (χ0) is 20.5. The number of carbonyl (C=O) groups excluding carboxylic acids is 1. The summed E-state index contributed by atoms with van der Waals surface area (Å²) in [6.45, 7) is 1.47. The molecule has 1 saturated heterocycles. The van der Waals surface area contributed by atoms with Gasteiger partial charge in [-0.15, -0.1) is 0 Å². The maximum Gasteiger partial charge on any atom is 0.416 e. The topological polar surface area (TPSA) is 41.6 Å². The first-order chi connectivity index (χ1) is 13.2. The standard InChI is InChI=1S/C19H17Br2F3N2O2/c1-28-17-13(9-12(20)10-14(17)21)18(27)25-15-8-11(19(22,23)24)4-5-16(15)26-6-2-3-7-26/h4-5,8-10H,2-3,6-7H2,1H3,(H,25,27). The first-order valence-corrected chi connectivity index (χ1v) is 10.1. The Morgan fingerprint density at radius 3 is 2.43 bits per heavy atom. The number of halogens is 5. The van der Waals surface area contributed by atoms with Crippen LogP contribution in [0.25, 0.3) is 0 Å². The van der Waals surface area contributed by atoms with Crippen molar-refractivity contribution < 1.29 is 22.7 Å². The van der Waals surface area contributed by atoms with Gasteiger partial charge in [0.25, 0.3) is 5.91 Å². The molecule has 0 radical (unpaired) electrons. The minimum atomic E-state index is -4.50. The lowest BCUT2D eigenvalue weighted by Gasteiger charge is -2.23. The van der Waals surface area contributed by atoms with Gasteiger partial charge < -0.3 is 15.0 Å². The molecule has 150 valence electrons. The molecule has 0 atom stereocenters. The van der Waals surface area contributed by atoms with Crippen molar-refractivity contribution >= 4 is 49.1 Å². The number of benzene rings is 2. The largest absolute Gasteiger partial charge is 0.495 e. The summed E-state index contributed by atoms with van der Waals surface area (Å²) in [5.41, 5.74) is 0.0911. The van der Waals surface area contributed by atoms with Crippen LogP contribution in [-0.4, -0.2) is 26.1 Å². The fraction of sp³-hybridized carbons (Fsp3) is 0.316. The third-order valence-electron chi connectivity index (χ3n) is 4.48. The van der Waals surface area contributed by atoms with Crippen LogP contribution in [0.4, 0.5) is 24.5 Å². The van der Waals surface area contributed by atoms with Crippen molar-refractivity contribution in [2.45, 2.75) is 19.0 Å². The lowest BCUT2D eigenvalue weighted by molar-refractivity contribution is -0.137. The Balaban J connectivity index is 2.01. The Bertz CT molecular complexity index is 897. The Morgan fingerprint density at radius 2 is 1.82 bits per heavy atom. The zero-order valence-corrected chi connectivity index (χ0v) is 18.0. The van der Waals surface area contributed by atoms with Gasteiger partial charge in [0.05, 0.1) is 34.1 Å². The monoisotopic (exact) mass is 520 g/mol. The molecular weight excluding hydrogens is 505 g/mol. The van der Waals surface area contributed by atoms with E-state index in [1.807, 2.05) is 4.90 Å². The van der Waals surface area contributed by atoms with E-state index in [-0.39, 0.29) is 11.3 Å². The van der Waals surface area contributed by atoms with Crippen molar-refractivity contribution in [1.29, 1.82) is 0 Å². The van der Waals surface area contributed by atoms with Crippen molar-refractivity contribution in [3.63, 3.8) is 0 Å². The maximum atomic E-state index is 13.2. The van der Waals surface area contributed by atoms with Crippen LogP contribution in [0.3, 0.4) is 0 Å². The summed E-state index contributed by atoms with van der Waals surface area (Å²) >= 11 is 6.64. The highest BCUT2D eigenvalue weighted by Crippen LogP contribution is 2.38. The van der Waals surface area contributed by atoms with Crippen molar-refractivity contribution in [2.24, 2.45) is 0 Å². The molecule has 0 aliphatic carbocycles. The molecular formula is C19H17Br2F3N2O2. The minimum Gasteiger partial charge on any atom is -0.495 e. The van der Waals surface area contributed by atoms with Crippen LogP contribution in [0, 0.1) is 0 Å². The van der Waals surface area contributed by atoms with Crippen LogP contribution in [0.15, 0.2) is 39.3 Å². The number of methoxy groups -OCH3 is 1. The van der Waals surface area contributed by atoms with Crippen molar-refractivity contribution in [1.82, 2.24) is 0 Å². The first kappa shape index (κ1) is 21.0. The van der Waals surface area contributed by atoms with Gasteiger partial charge in [-0.2, -0.15) is 13.2 Å². The number of hydrogen-bond acceptors (Lipinski definition) is 3.